The lowest BCUT2D eigenvalue weighted by Crippen LogP contribution is -2.39. The molecule has 0 spiro atoms. The average Bonchev–Trinajstić information content (AvgIpc) is 3.57. The first kappa shape index (κ1) is 21.9. The van der Waals surface area contributed by atoms with Crippen molar-refractivity contribution in [3.8, 4) is 11.3 Å². The molecule has 36 heavy (non-hydrogen) atoms. The van der Waals surface area contributed by atoms with E-state index in [-0.39, 0.29) is 6.17 Å². The van der Waals surface area contributed by atoms with Crippen LogP contribution in [-0.2, 0) is 26.6 Å². The van der Waals surface area contributed by atoms with Gasteiger partial charge in [0.1, 0.15) is 23.3 Å². The van der Waals surface area contributed by atoms with Crippen molar-refractivity contribution in [1.29, 1.82) is 0 Å². The molecule has 0 saturated heterocycles. The molecule has 0 fully saturated rings. The smallest absolute Gasteiger partial charge is 0.330 e. The van der Waals surface area contributed by atoms with Crippen molar-refractivity contribution in [3.05, 3.63) is 99.2 Å². The number of aromatic nitrogens is 6. The predicted octanol–water partition coefficient (Wildman–Crippen LogP) is 2.61. The summed E-state index contributed by atoms with van der Waals surface area (Å²) in [6.45, 7) is 2.82. The number of fused-ring (bicyclic) bond motifs is 2. The van der Waals surface area contributed by atoms with Gasteiger partial charge in [-0.05, 0) is 30.7 Å². The molecular formula is C26H26N8O2. The molecule has 0 saturated carbocycles. The van der Waals surface area contributed by atoms with Gasteiger partial charge in [0.25, 0.3) is 5.56 Å². The average molecular weight is 483 g/mol. The molecule has 0 aliphatic carbocycles. The van der Waals surface area contributed by atoms with Crippen LogP contribution in [0.15, 0.2) is 76.7 Å². The van der Waals surface area contributed by atoms with E-state index in [4.69, 9.17) is 4.98 Å². The molecule has 1 unspecified atom stereocenters. The lowest BCUT2D eigenvalue weighted by molar-refractivity contribution is 0.655. The van der Waals surface area contributed by atoms with Crippen LogP contribution in [0.4, 0.5) is 11.5 Å². The number of imidazole rings is 1. The number of rotatable bonds is 6. The number of H-pyrrole nitrogens is 1. The maximum Gasteiger partial charge on any atom is 0.330 e. The van der Waals surface area contributed by atoms with Crippen molar-refractivity contribution in [2.75, 3.05) is 10.2 Å². The molecule has 2 N–H and O–H groups in total. The van der Waals surface area contributed by atoms with Gasteiger partial charge in [0, 0.05) is 50.7 Å². The first-order valence-electron chi connectivity index (χ1n) is 11.9. The van der Waals surface area contributed by atoms with Gasteiger partial charge in [-0.25, -0.2) is 9.78 Å². The van der Waals surface area contributed by atoms with Crippen molar-refractivity contribution < 1.29 is 0 Å². The SMILES string of the molecule is CCn1c2c(c(=O)[nH]c1=O)N(Cc1ccc(-c3ccn(C)n3)cc1)C(Cc1cn3ccccc3n1)N2. The zero-order chi connectivity index (χ0) is 24.8. The molecule has 6 rings (SSSR count). The molecule has 4 aromatic heterocycles. The molecule has 1 atom stereocenters. The van der Waals surface area contributed by atoms with Crippen LogP contribution in [0.5, 0.6) is 0 Å². The van der Waals surface area contributed by atoms with Crippen LogP contribution in [-0.4, -0.2) is 34.9 Å². The molecule has 10 heteroatoms. The van der Waals surface area contributed by atoms with E-state index in [2.05, 4.69) is 15.4 Å². The summed E-state index contributed by atoms with van der Waals surface area (Å²) in [6.07, 6.45) is 6.18. The van der Waals surface area contributed by atoms with E-state index in [1.54, 1.807) is 9.25 Å². The van der Waals surface area contributed by atoms with Gasteiger partial charge < -0.3 is 14.6 Å². The molecule has 0 amide bonds. The lowest BCUT2D eigenvalue weighted by atomic mass is 10.1. The lowest BCUT2D eigenvalue weighted by Gasteiger charge is -2.25. The second-order valence-corrected chi connectivity index (χ2v) is 8.96. The third-order valence-electron chi connectivity index (χ3n) is 6.59. The predicted molar refractivity (Wildman–Crippen MR) is 138 cm³/mol. The van der Waals surface area contributed by atoms with Crippen molar-refractivity contribution >= 4 is 17.2 Å². The first-order chi connectivity index (χ1) is 17.5. The van der Waals surface area contributed by atoms with Crippen LogP contribution in [0.1, 0.15) is 18.2 Å². The van der Waals surface area contributed by atoms with Gasteiger partial charge in [-0.3, -0.25) is 19.0 Å². The molecule has 1 aliphatic rings. The quantitative estimate of drug-likeness (QED) is 0.386. The maximum absolute atomic E-state index is 13.0. The molecule has 0 bridgehead atoms. The monoisotopic (exact) mass is 482 g/mol. The summed E-state index contributed by atoms with van der Waals surface area (Å²) < 4.78 is 5.32. The van der Waals surface area contributed by atoms with Gasteiger partial charge >= 0.3 is 5.69 Å². The molecule has 5 aromatic rings. The van der Waals surface area contributed by atoms with E-state index < -0.39 is 11.2 Å². The third kappa shape index (κ3) is 3.76. The van der Waals surface area contributed by atoms with Crippen molar-refractivity contribution in [2.45, 2.75) is 32.6 Å². The van der Waals surface area contributed by atoms with Crippen LogP contribution in [0.2, 0.25) is 0 Å². The number of hydrogen-bond acceptors (Lipinski definition) is 6. The zero-order valence-corrected chi connectivity index (χ0v) is 20.0. The van der Waals surface area contributed by atoms with Gasteiger partial charge in [0.15, 0.2) is 0 Å². The Labute approximate surface area is 206 Å². The number of anilines is 2. The summed E-state index contributed by atoms with van der Waals surface area (Å²) in [6, 6.07) is 16.0. The van der Waals surface area contributed by atoms with Gasteiger partial charge in [-0.2, -0.15) is 5.10 Å². The van der Waals surface area contributed by atoms with E-state index in [1.165, 1.54) is 0 Å². The number of benzene rings is 1. The fourth-order valence-corrected chi connectivity index (χ4v) is 4.85. The minimum atomic E-state index is -0.415. The normalized spacial score (nSPS) is 14.8. The first-order valence-corrected chi connectivity index (χ1v) is 11.9. The topological polar surface area (TPSA) is 105 Å². The Morgan fingerprint density at radius 3 is 2.58 bits per heavy atom. The standard InChI is InChI=1S/C26H26N8O2/c1-3-33-24-23(25(35)29-26(33)36)34(15-17-7-9-18(10-8-17)20-11-13-31(2)30-20)22(28-24)14-19-16-32-12-5-4-6-21(32)27-19/h4-13,16,22,28H,3,14-15H2,1-2H3,(H,29,35,36). The van der Waals surface area contributed by atoms with Crippen molar-refractivity contribution in [2.24, 2.45) is 7.05 Å². The summed E-state index contributed by atoms with van der Waals surface area (Å²) in [5.74, 6) is 0.546. The van der Waals surface area contributed by atoms with Crippen LogP contribution < -0.4 is 21.5 Å². The molecule has 182 valence electrons. The summed E-state index contributed by atoms with van der Waals surface area (Å²) in [4.78, 5) is 34.7. The van der Waals surface area contributed by atoms with E-state index in [1.807, 2.05) is 90.4 Å². The molecule has 5 heterocycles. The fourth-order valence-electron chi connectivity index (χ4n) is 4.85. The highest BCUT2D eigenvalue weighted by Gasteiger charge is 2.34. The van der Waals surface area contributed by atoms with Crippen LogP contribution in [0, 0.1) is 0 Å². The second kappa shape index (κ2) is 8.56. The summed E-state index contributed by atoms with van der Waals surface area (Å²) >= 11 is 0. The Morgan fingerprint density at radius 2 is 1.86 bits per heavy atom. The van der Waals surface area contributed by atoms with Crippen LogP contribution in [0.25, 0.3) is 16.9 Å². The Balaban J connectivity index is 1.36. The van der Waals surface area contributed by atoms with E-state index in [9.17, 15) is 9.59 Å². The molecule has 1 aromatic carbocycles. The fraction of sp³-hybridized carbons (Fsp3) is 0.231. The van der Waals surface area contributed by atoms with E-state index in [0.29, 0.717) is 31.0 Å². The summed E-state index contributed by atoms with van der Waals surface area (Å²) in [5.41, 5.74) is 4.39. The third-order valence-corrected chi connectivity index (χ3v) is 6.59. The highest BCUT2D eigenvalue weighted by atomic mass is 16.2. The van der Waals surface area contributed by atoms with Crippen molar-refractivity contribution in [1.82, 2.24) is 28.7 Å². The Hall–Kier alpha value is -4.60. The Kier molecular flexibility index (Phi) is 5.21. The van der Waals surface area contributed by atoms with Crippen molar-refractivity contribution in [3.63, 3.8) is 0 Å². The van der Waals surface area contributed by atoms with Gasteiger partial charge in [-0.15, -0.1) is 0 Å². The Bertz CT molecular complexity index is 1640. The van der Waals surface area contributed by atoms with E-state index in [0.717, 1.165) is 28.2 Å². The highest BCUT2D eigenvalue weighted by molar-refractivity contribution is 5.72. The summed E-state index contributed by atoms with van der Waals surface area (Å²) in [5, 5.41) is 7.91. The number of hydrogen-bond donors (Lipinski definition) is 2. The van der Waals surface area contributed by atoms with Crippen LogP contribution >= 0.6 is 0 Å². The zero-order valence-electron chi connectivity index (χ0n) is 20.0. The summed E-state index contributed by atoms with van der Waals surface area (Å²) in [7, 11) is 1.90. The van der Waals surface area contributed by atoms with E-state index >= 15 is 0 Å². The van der Waals surface area contributed by atoms with Gasteiger partial charge in [0.05, 0.1) is 11.4 Å². The van der Waals surface area contributed by atoms with Gasteiger partial charge in [-0.1, -0.05) is 30.3 Å². The largest absolute Gasteiger partial charge is 0.349 e. The number of nitrogens with one attached hydrogen (secondary N) is 2. The minimum absolute atomic E-state index is 0.249. The number of aromatic amines is 1. The molecular weight excluding hydrogens is 456 g/mol. The number of pyridine rings is 1. The molecule has 10 nitrogen and oxygen atoms in total. The Morgan fingerprint density at radius 1 is 1.03 bits per heavy atom. The second-order valence-electron chi connectivity index (χ2n) is 8.96. The maximum atomic E-state index is 13.0. The van der Waals surface area contributed by atoms with Crippen LogP contribution in [0.3, 0.4) is 0 Å². The minimum Gasteiger partial charge on any atom is -0.349 e. The number of nitrogens with zero attached hydrogens (tertiary/aromatic N) is 6. The van der Waals surface area contributed by atoms with Gasteiger partial charge in [0.2, 0.25) is 0 Å². The molecule has 0 radical (unpaired) electrons. The highest BCUT2D eigenvalue weighted by Crippen LogP contribution is 2.33. The number of aryl methyl sites for hydroxylation is 1. The molecule has 1 aliphatic heterocycles.